The summed E-state index contributed by atoms with van der Waals surface area (Å²) in [7, 11) is 0. The van der Waals surface area contributed by atoms with Gasteiger partial charge in [0, 0.05) is 18.7 Å². The maximum absolute atomic E-state index is 12.3. The van der Waals surface area contributed by atoms with Crippen LogP contribution >= 0.6 is 11.6 Å². The molecule has 138 valence electrons. The first-order valence-corrected chi connectivity index (χ1v) is 9.26. The van der Waals surface area contributed by atoms with Crippen LogP contribution in [-0.4, -0.2) is 36.5 Å². The number of anilines is 1. The Bertz CT molecular complexity index is 1000. The molecule has 0 aromatic carbocycles. The van der Waals surface area contributed by atoms with E-state index in [-0.39, 0.29) is 11.6 Å². The van der Waals surface area contributed by atoms with Gasteiger partial charge in [-0.3, -0.25) is 19.6 Å². The van der Waals surface area contributed by atoms with Crippen molar-refractivity contribution in [2.45, 2.75) is 46.2 Å². The topological polar surface area (TPSA) is 95.5 Å². The smallest absolute Gasteiger partial charge is 0.263 e. The molecule has 8 nitrogen and oxygen atoms in total. The number of nitrogens with zero attached hydrogens (tertiary/aromatic N) is 5. The molecule has 0 bridgehead atoms. The van der Waals surface area contributed by atoms with Gasteiger partial charge in [-0.1, -0.05) is 25.4 Å². The molecule has 3 aromatic rings. The average Bonchev–Trinajstić information content (AvgIpc) is 3.27. The predicted octanol–water partition coefficient (Wildman–Crippen LogP) is 2.80. The summed E-state index contributed by atoms with van der Waals surface area (Å²) in [4.78, 5) is 21.8. The molecule has 1 saturated heterocycles. The summed E-state index contributed by atoms with van der Waals surface area (Å²) in [5, 5.41) is 12.5. The van der Waals surface area contributed by atoms with E-state index in [2.05, 4.69) is 44.0 Å². The second-order valence-electron chi connectivity index (χ2n) is 7.24. The van der Waals surface area contributed by atoms with Gasteiger partial charge >= 0.3 is 0 Å². The van der Waals surface area contributed by atoms with Crippen LogP contribution in [0.5, 0.6) is 0 Å². The summed E-state index contributed by atoms with van der Waals surface area (Å²) in [6.45, 7) is 7.86. The molecule has 0 spiro atoms. The maximum Gasteiger partial charge on any atom is 0.263 e. The normalized spacial score (nSPS) is 17.7. The van der Waals surface area contributed by atoms with Gasteiger partial charge in [0.2, 0.25) is 5.95 Å². The van der Waals surface area contributed by atoms with Crippen molar-refractivity contribution < 1.29 is 0 Å². The Labute approximate surface area is 155 Å². The Morgan fingerprint density at radius 3 is 3.00 bits per heavy atom. The summed E-state index contributed by atoms with van der Waals surface area (Å²) < 4.78 is 1.88. The van der Waals surface area contributed by atoms with E-state index >= 15 is 0 Å². The van der Waals surface area contributed by atoms with E-state index in [0.717, 1.165) is 37.2 Å². The van der Waals surface area contributed by atoms with Crippen LogP contribution in [-0.2, 0) is 6.54 Å². The van der Waals surface area contributed by atoms with Gasteiger partial charge in [0.25, 0.3) is 5.56 Å². The predicted molar refractivity (Wildman–Crippen MR) is 101 cm³/mol. The SMILES string of the molecule is Cc1nn(CC(C)C)c(Cl)c1C1CCCN1c1nc2[nH]ncc2c(=O)[nH]1. The Morgan fingerprint density at radius 1 is 1.42 bits per heavy atom. The highest BCUT2D eigenvalue weighted by Gasteiger charge is 2.33. The molecule has 1 atom stereocenters. The Balaban J connectivity index is 1.75. The van der Waals surface area contributed by atoms with Crippen molar-refractivity contribution in [3.63, 3.8) is 0 Å². The fraction of sp³-hybridized carbons (Fsp3) is 0.529. The van der Waals surface area contributed by atoms with E-state index < -0.39 is 0 Å². The van der Waals surface area contributed by atoms with Crippen LogP contribution < -0.4 is 10.5 Å². The third-order valence-corrected chi connectivity index (χ3v) is 5.21. The first kappa shape index (κ1) is 17.1. The van der Waals surface area contributed by atoms with E-state index in [4.69, 9.17) is 11.6 Å². The van der Waals surface area contributed by atoms with Crippen LogP contribution in [0.2, 0.25) is 5.15 Å². The zero-order chi connectivity index (χ0) is 18.4. The molecule has 1 aliphatic heterocycles. The molecule has 4 heterocycles. The summed E-state index contributed by atoms with van der Waals surface area (Å²) in [6, 6.07) is 0.0481. The Morgan fingerprint density at radius 2 is 2.23 bits per heavy atom. The van der Waals surface area contributed by atoms with Crippen LogP contribution in [0.4, 0.5) is 5.95 Å². The van der Waals surface area contributed by atoms with E-state index in [1.807, 2.05) is 11.6 Å². The standard InChI is InChI=1S/C17H22ClN7O/c1-9(2)8-25-14(18)13(10(3)23-25)12-5-4-6-24(12)17-20-15-11(7-19-22-15)16(26)21-17/h7,9,12H,4-6,8H2,1-3H3,(H2,19,20,21,22,26). The van der Waals surface area contributed by atoms with Crippen molar-refractivity contribution in [3.05, 3.63) is 33.0 Å². The van der Waals surface area contributed by atoms with E-state index in [1.54, 1.807) is 0 Å². The molecule has 3 aromatic heterocycles. The van der Waals surface area contributed by atoms with E-state index in [0.29, 0.717) is 28.1 Å². The zero-order valence-corrected chi connectivity index (χ0v) is 15.8. The van der Waals surface area contributed by atoms with Gasteiger partial charge in [0.15, 0.2) is 5.65 Å². The molecule has 2 N–H and O–H groups in total. The van der Waals surface area contributed by atoms with Crippen molar-refractivity contribution in [3.8, 4) is 0 Å². The summed E-state index contributed by atoms with van der Waals surface area (Å²) in [6.07, 6.45) is 3.43. The summed E-state index contributed by atoms with van der Waals surface area (Å²) >= 11 is 6.68. The van der Waals surface area contributed by atoms with Gasteiger partial charge in [0.1, 0.15) is 10.5 Å². The van der Waals surface area contributed by atoms with Crippen molar-refractivity contribution >= 4 is 28.6 Å². The fourth-order valence-corrected chi connectivity index (χ4v) is 4.07. The van der Waals surface area contributed by atoms with Crippen molar-refractivity contribution in [1.29, 1.82) is 0 Å². The molecule has 26 heavy (non-hydrogen) atoms. The van der Waals surface area contributed by atoms with Crippen LogP contribution in [0.1, 0.15) is 44.0 Å². The minimum Gasteiger partial charge on any atom is -0.335 e. The van der Waals surface area contributed by atoms with Crippen molar-refractivity contribution in [2.24, 2.45) is 5.92 Å². The molecule has 9 heteroatoms. The molecular weight excluding hydrogens is 354 g/mol. The van der Waals surface area contributed by atoms with Crippen molar-refractivity contribution in [1.82, 2.24) is 29.9 Å². The number of fused-ring (bicyclic) bond motifs is 1. The van der Waals surface area contributed by atoms with Gasteiger partial charge in [-0.25, -0.2) is 0 Å². The number of hydrogen-bond acceptors (Lipinski definition) is 5. The van der Waals surface area contributed by atoms with Gasteiger partial charge in [-0.15, -0.1) is 0 Å². The molecule has 0 amide bonds. The van der Waals surface area contributed by atoms with Crippen LogP contribution in [0, 0.1) is 12.8 Å². The van der Waals surface area contributed by atoms with Gasteiger partial charge in [-0.2, -0.15) is 15.2 Å². The first-order chi connectivity index (χ1) is 12.5. The Kier molecular flexibility index (Phi) is 4.22. The molecular formula is C17H22ClN7O. The third-order valence-electron chi connectivity index (χ3n) is 4.81. The second kappa shape index (κ2) is 6.42. The highest BCUT2D eigenvalue weighted by molar-refractivity contribution is 6.30. The number of aryl methyl sites for hydroxylation is 1. The van der Waals surface area contributed by atoms with Gasteiger partial charge in [-0.05, 0) is 25.7 Å². The number of nitrogens with one attached hydrogen (secondary N) is 2. The van der Waals surface area contributed by atoms with Crippen LogP contribution in [0.25, 0.3) is 11.0 Å². The van der Waals surface area contributed by atoms with Gasteiger partial charge < -0.3 is 4.90 Å². The molecule has 1 fully saturated rings. The minimum absolute atomic E-state index is 0.0481. The van der Waals surface area contributed by atoms with Crippen LogP contribution in [0.3, 0.4) is 0 Å². The summed E-state index contributed by atoms with van der Waals surface area (Å²) in [5.41, 5.74) is 2.25. The summed E-state index contributed by atoms with van der Waals surface area (Å²) in [5.74, 6) is 1.00. The highest BCUT2D eigenvalue weighted by Crippen LogP contribution is 2.39. The molecule has 1 unspecified atom stereocenters. The molecule has 0 aliphatic carbocycles. The lowest BCUT2D eigenvalue weighted by molar-refractivity contribution is 0.481. The number of aromatic amines is 2. The largest absolute Gasteiger partial charge is 0.335 e. The molecule has 4 rings (SSSR count). The quantitative estimate of drug-likeness (QED) is 0.731. The van der Waals surface area contributed by atoms with E-state index in [1.165, 1.54) is 6.20 Å². The lowest BCUT2D eigenvalue weighted by Gasteiger charge is -2.25. The fourth-order valence-electron chi connectivity index (χ4n) is 3.70. The second-order valence-corrected chi connectivity index (χ2v) is 7.60. The first-order valence-electron chi connectivity index (χ1n) is 8.88. The average molecular weight is 376 g/mol. The Hall–Kier alpha value is -2.35. The number of H-pyrrole nitrogens is 2. The van der Waals surface area contributed by atoms with Gasteiger partial charge in [0.05, 0.1) is 17.9 Å². The maximum atomic E-state index is 12.3. The molecule has 1 aliphatic rings. The highest BCUT2D eigenvalue weighted by atomic mass is 35.5. The minimum atomic E-state index is -0.192. The monoisotopic (exact) mass is 375 g/mol. The third kappa shape index (κ3) is 2.78. The number of halogens is 1. The number of rotatable bonds is 4. The lowest BCUT2D eigenvalue weighted by Crippen LogP contribution is -2.27. The van der Waals surface area contributed by atoms with E-state index in [9.17, 15) is 4.79 Å². The molecule has 0 radical (unpaired) electrons. The zero-order valence-electron chi connectivity index (χ0n) is 15.1. The number of hydrogen-bond donors (Lipinski definition) is 2. The van der Waals surface area contributed by atoms with Crippen molar-refractivity contribution in [2.75, 3.05) is 11.4 Å². The lowest BCUT2D eigenvalue weighted by atomic mass is 10.1. The van der Waals surface area contributed by atoms with Crippen LogP contribution in [0.15, 0.2) is 11.0 Å². The molecule has 0 saturated carbocycles. The number of aromatic nitrogens is 6.